The van der Waals surface area contributed by atoms with Gasteiger partial charge in [-0.1, -0.05) is 51.1 Å². The van der Waals surface area contributed by atoms with Crippen molar-refractivity contribution in [3.8, 4) is 0 Å². The summed E-state index contributed by atoms with van der Waals surface area (Å²) in [6.45, 7) is 11.4. The van der Waals surface area contributed by atoms with Gasteiger partial charge in [-0.05, 0) is 60.9 Å². The van der Waals surface area contributed by atoms with E-state index in [0.29, 0.717) is 25.6 Å². The molecule has 5 nitrogen and oxygen atoms in total. The average Bonchev–Trinajstić information content (AvgIpc) is 3.53. The predicted molar refractivity (Wildman–Crippen MR) is 128 cm³/mol. The minimum atomic E-state index is -0.0255. The van der Waals surface area contributed by atoms with Crippen LogP contribution in [0.4, 0.5) is 11.4 Å². The summed E-state index contributed by atoms with van der Waals surface area (Å²) in [6, 6.07) is 14.4. The number of benzene rings is 2. The second kappa shape index (κ2) is 9.65. The molecule has 166 valence electrons. The maximum Gasteiger partial charge on any atom is 0.238 e. The summed E-state index contributed by atoms with van der Waals surface area (Å²) in [5.74, 6) is -0.0493. The van der Waals surface area contributed by atoms with Crippen LogP contribution in [-0.2, 0) is 15.0 Å². The Kier molecular flexibility index (Phi) is 7.16. The molecule has 1 saturated carbocycles. The van der Waals surface area contributed by atoms with Gasteiger partial charge in [-0.15, -0.1) is 0 Å². The van der Waals surface area contributed by atoms with Gasteiger partial charge in [0.1, 0.15) is 0 Å². The number of aryl methyl sites for hydroxylation is 2. The van der Waals surface area contributed by atoms with Crippen LogP contribution in [0.3, 0.4) is 0 Å². The normalized spacial score (nSPS) is 13.9. The van der Waals surface area contributed by atoms with E-state index in [-0.39, 0.29) is 17.2 Å². The molecule has 0 saturated heterocycles. The molecule has 5 heteroatoms. The van der Waals surface area contributed by atoms with Crippen molar-refractivity contribution in [1.82, 2.24) is 4.90 Å². The fourth-order valence-corrected chi connectivity index (χ4v) is 3.73. The highest BCUT2D eigenvalue weighted by Gasteiger charge is 2.30. The molecule has 0 spiro atoms. The first kappa shape index (κ1) is 23.0. The number of rotatable bonds is 8. The lowest BCUT2D eigenvalue weighted by Crippen LogP contribution is -2.37. The fraction of sp³-hybridized carbons (Fsp3) is 0.462. The maximum absolute atomic E-state index is 12.7. The summed E-state index contributed by atoms with van der Waals surface area (Å²) in [5, 5.41) is 6.03. The molecule has 0 aliphatic heterocycles. The van der Waals surface area contributed by atoms with Gasteiger partial charge in [0, 0.05) is 30.4 Å². The largest absolute Gasteiger partial charge is 0.326 e. The molecule has 0 heterocycles. The zero-order chi connectivity index (χ0) is 22.6. The number of amides is 2. The highest BCUT2D eigenvalue weighted by Crippen LogP contribution is 2.27. The van der Waals surface area contributed by atoms with E-state index < -0.39 is 0 Å². The summed E-state index contributed by atoms with van der Waals surface area (Å²) in [6.07, 6.45) is 2.55. The van der Waals surface area contributed by atoms with Crippen LogP contribution in [0.15, 0.2) is 42.5 Å². The highest BCUT2D eigenvalue weighted by atomic mass is 16.2. The van der Waals surface area contributed by atoms with Gasteiger partial charge in [0.25, 0.3) is 0 Å². The van der Waals surface area contributed by atoms with E-state index >= 15 is 0 Å². The van der Waals surface area contributed by atoms with E-state index in [4.69, 9.17) is 0 Å². The Morgan fingerprint density at radius 1 is 0.935 bits per heavy atom. The van der Waals surface area contributed by atoms with Crippen molar-refractivity contribution in [3.05, 3.63) is 59.2 Å². The van der Waals surface area contributed by atoms with Gasteiger partial charge in [-0.25, -0.2) is 0 Å². The number of hydrogen-bond acceptors (Lipinski definition) is 3. The molecule has 0 aromatic heterocycles. The standard InChI is InChI=1S/C26H35N3O2/c1-18-7-6-8-19(2)25(18)28-24(31)17-29(22-13-14-22)16-15-23(30)27-21-11-9-20(10-12-21)26(3,4)5/h6-12,22H,13-17H2,1-5H3,(H,27,30)(H,28,31). The van der Waals surface area contributed by atoms with Crippen LogP contribution in [0.25, 0.3) is 0 Å². The van der Waals surface area contributed by atoms with Crippen molar-refractivity contribution in [2.45, 2.75) is 65.3 Å². The molecule has 0 atom stereocenters. The first-order valence-corrected chi connectivity index (χ1v) is 11.1. The number of hydrogen-bond donors (Lipinski definition) is 2. The lowest BCUT2D eigenvalue weighted by atomic mass is 9.87. The molecular formula is C26H35N3O2. The highest BCUT2D eigenvalue weighted by molar-refractivity contribution is 5.94. The van der Waals surface area contributed by atoms with Gasteiger partial charge in [0.15, 0.2) is 0 Å². The zero-order valence-electron chi connectivity index (χ0n) is 19.4. The Balaban J connectivity index is 1.51. The second-order valence-corrected chi connectivity index (χ2v) is 9.64. The molecule has 2 N–H and O–H groups in total. The van der Waals surface area contributed by atoms with Crippen LogP contribution < -0.4 is 10.6 Å². The van der Waals surface area contributed by atoms with Gasteiger partial charge in [0.05, 0.1) is 6.54 Å². The minimum absolute atomic E-state index is 0.0238. The van der Waals surface area contributed by atoms with Gasteiger partial charge in [-0.2, -0.15) is 0 Å². The van der Waals surface area contributed by atoms with Crippen molar-refractivity contribution in [2.24, 2.45) is 0 Å². The smallest absolute Gasteiger partial charge is 0.238 e. The Morgan fingerprint density at radius 2 is 1.55 bits per heavy atom. The molecule has 2 aromatic carbocycles. The molecule has 1 aliphatic carbocycles. The van der Waals surface area contributed by atoms with E-state index in [9.17, 15) is 9.59 Å². The Hall–Kier alpha value is -2.66. The topological polar surface area (TPSA) is 61.4 Å². The molecule has 2 amide bonds. The molecule has 31 heavy (non-hydrogen) atoms. The molecule has 0 bridgehead atoms. The minimum Gasteiger partial charge on any atom is -0.326 e. The number of para-hydroxylation sites is 1. The lowest BCUT2D eigenvalue weighted by molar-refractivity contribution is -0.119. The van der Waals surface area contributed by atoms with Gasteiger partial charge in [0.2, 0.25) is 11.8 Å². The quantitative estimate of drug-likeness (QED) is 0.628. The lowest BCUT2D eigenvalue weighted by Gasteiger charge is -2.22. The zero-order valence-corrected chi connectivity index (χ0v) is 19.4. The van der Waals surface area contributed by atoms with E-state index in [0.717, 1.165) is 35.3 Å². The third-order valence-corrected chi connectivity index (χ3v) is 5.82. The summed E-state index contributed by atoms with van der Waals surface area (Å²) in [7, 11) is 0. The molecule has 0 radical (unpaired) electrons. The Morgan fingerprint density at radius 3 is 2.10 bits per heavy atom. The fourth-order valence-electron chi connectivity index (χ4n) is 3.73. The van der Waals surface area contributed by atoms with Gasteiger partial charge < -0.3 is 10.6 Å². The van der Waals surface area contributed by atoms with E-state index in [1.165, 1.54) is 5.56 Å². The van der Waals surface area contributed by atoms with Crippen molar-refractivity contribution in [2.75, 3.05) is 23.7 Å². The molecular weight excluding hydrogens is 386 g/mol. The van der Waals surface area contributed by atoms with Crippen LogP contribution in [0.5, 0.6) is 0 Å². The molecule has 3 rings (SSSR count). The number of nitrogens with one attached hydrogen (secondary N) is 2. The summed E-state index contributed by atoms with van der Waals surface area (Å²) in [5.41, 5.74) is 5.14. The predicted octanol–water partition coefficient (Wildman–Crippen LogP) is 5.03. The van der Waals surface area contributed by atoms with Crippen molar-refractivity contribution < 1.29 is 9.59 Å². The Labute approximate surface area is 186 Å². The molecule has 2 aromatic rings. The van der Waals surface area contributed by atoms with Crippen LogP contribution in [-0.4, -0.2) is 35.8 Å². The van der Waals surface area contributed by atoms with Gasteiger partial charge >= 0.3 is 0 Å². The van der Waals surface area contributed by atoms with Crippen molar-refractivity contribution >= 4 is 23.2 Å². The maximum atomic E-state index is 12.7. The van der Waals surface area contributed by atoms with E-state index in [1.807, 2.05) is 44.2 Å². The summed E-state index contributed by atoms with van der Waals surface area (Å²) >= 11 is 0. The molecule has 1 fully saturated rings. The number of nitrogens with zero attached hydrogens (tertiary/aromatic N) is 1. The third-order valence-electron chi connectivity index (χ3n) is 5.82. The van der Waals surface area contributed by atoms with E-state index in [2.05, 4.69) is 48.4 Å². The van der Waals surface area contributed by atoms with Crippen LogP contribution in [0.2, 0.25) is 0 Å². The SMILES string of the molecule is Cc1cccc(C)c1NC(=O)CN(CCC(=O)Nc1ccc(C(C)(C)C)cc1)C1CC1. The number of anilines is 2. The van der Waals surface area contributed by atoms with E-state index in [1.54, 1.807) is 0 Å². The molecule has 0 unspecified atom stereocenters. The summed E-state index contributed by atoms with van der Waals surface area (Å²) < 4.78 is 0. The van der Waals surface area contributed by atoms with Gasteiger partial charge in [-0.3, -0.25) is 14.5 Å². The second-order valence-electron chi connectivity index (χ2n) is 9.64. The third kappa shape index (κ3) is 6.66. The first-order valence-electron chi connectivity index (χ1n) is 11.1. The molecule has 1 aliphatic rings. The van der Waals surface area contributed by atoms with Crippen LogP contribution in [0.1, 0.15) is 56.7 Å². The van der Waals surface area contributed by atoms with Crippen molar-refractivity contribution in [3.63, 3.8) is 0 Å². The average molecular weight is 422 g/mol. The number of carbonyl (C=O) groups is 2. The Bertz CT molecular complexity index is 904. The number of carbonyl (C=O) groups excluding carboxylic acids is 2. The summed E-state index contributed by atoms with van der Waals surface area (Å²) in [4.78, 5) is 27.3. The monoisotopic (exact) mass is 421 g/mol. The first-order chi connectivity index (χ1) is 14.6. The van der Waals surface area contributed by atoms with Crippen LogP contribution >= 0.6 is 0 Å². The van der Waals surface area contributed by atoms with Crippen LogP contribution in [0, 0.1) is 13.8 Å². The van der Waals surface area contributed by atoms with Crippen molar-refractivity contribution in [1.29, 1.82) is 0 Å².